The molecule has 0 saturated carbocycles. The third-order valence-corrected chi connectivity index (χ3v) is 6.89. The van der Waals surface area contributed by atoms with Crippen LogP contribution in [0, 0.1) is 0 Å². The molecule has 0 unspecified atom stereocenters. The lowest BCUT2D eigenvalue weighted by Crippen LogP contribution is -2.41. The number of carbonyl (C=O) groups is 1. The van der Waals surface area contributed by atoms with Gasteiger partial charge in [-0.2, -0.15) is 0 Å². The van der Waals surface area contributed by atoms with Gasteiger partial charge in [-0.05, 0) is 50.9 Å². The Labute approximate surface area is 170 Å². The molecule has 0 atom stereocenters. The van der Waals surface area contributed by atoms with E-state index in [0.717, 1.165) is 17.2 Å². The zero-order valence-electron chi connectivity index (χ0n) is 15.9. The van der Waals surface area contributed by atoms with Gasteiger partial charge < -0.3 is 9.31 Å². The molecule has 0 spiro atoms. The van der Waals surface area contributed by atoms with E-state index in [1.807, 2.05) is 27.7 Å². The van der Waals surface area contributed by atoms with Gasteiger partial charge in [-0.3, -0.25) is 4.79 Å². The normalized spacial score (nSPS) is 19.4. The second kappa shape index (κ2) is 7.89. The van der Waals surface area contributed by atoms with Crippen LogP contribution in [0.5, 0.6) is 0 Å². The van der Waals surface area contributed by atoms with E-state index in [2.05, 4.69) is 0 Å². The number of halogens is 1. The molecule has 2 rings (SSSR count). The lowest BCUT2D eigenvalue weighted by atomic mass is 9.78. The van der Waals surface area contributed by atoms with Crippen molar-refractivity contribution in [3.63, 3.8) is 0 Å². The summed E-state index contributed by atoms with van der Waals surface area (Å²) in [4.78, 5) is 11.3. The van der Waals surface area contributed by atoms with Crippen molar-refractivity contribution in [1.29, 1.82) is 0 Å². The van der Waals surface area contributed by atoms with E-state index in [1.54, 1.807) is 12.1 Å². The Balaban J connectivity index is 2.40. The summed E-state index contributed by atoms with van der Waals surface area (Å²) in [6, 6.07) is 4.45. The zero-order chi connectivity index (χ0) is 20.6. The summed E-state index contributed by atoms with van der Waals surface area (Å²) in [5, 5.41) is 5.14. The van der Waals surface area contributed by atoms with Gasteiger partial charge in [0.15, 0.2) is 5.12 Å². The number of hydrogen-bond acceptors (Lipinski definition) is 6. The van der Waals surface area contributed by atoms with E-state index in [4.69, 9.17) is 26.0 Å². The number of nitrogens with two attached hydrogens (primary N) is 1. The molecule has 10 heteroatoms. The summed E-state index contributed by atoms with van der Waals surface area (Å²) in [6.07, 6.45) is 1.79. The molecular formula is C17H23BClNO5S2. The molecule has 0 aromatic heterocycles. The zero-order valence-corrected chi connectivity index (χ0v) is 18.3. The average Bonchev–Trinajstić information content (AvgIpc) is 2.70. The Bertz CT molecular complexity index is 867. The highest BCUT2D eigenvalue weighted by molar-refractivity contribution is 8.13. The highest BCUT2D eigenvalue weighted by Gasteiger charge is 2.52. The van der Waals surface area contributed by atoms with Gasteiger partial charge >= 0.3 is 7.12 Å². The summed E-state index contributed by atoms with van der Waals surface area (Å²) in [7, 11) is -4.52. The molecule has 1 aliphatic rings. The molecule has 0 amide bonds. The highest BCUT2D eigenvalue weighted by Crippen LogP contribution is 2.39. The maximum Gasteiger partial charge on any atom is 0.491 e. The molecule has 0 radical (unpaired) electrons. The van der Waals surface area contributed by atoms with Crippen LogP contribution in [0.25, 0.3) is 6.08 Å². The summed E-state index contributed by atoms with van der Waals surface area (Å²) in [5.74, 6) is 0.376. The van der Waals surface area contributed by atoms with Crippen LogP contribution < -0.4 is 5.14 Å². The summed E-state index contributed by atoms with van der Waals surface area (Å²) in [5.41, 5.74) is 0.356. The molecule has 0 aliphatic carbocycles. The molecule has 1 heterocycles. The molecule has 148 valence electrons. The number of hydrogen-bond donors (Lipinski definition) is 1. The van der Waals surface area contributed by atoms with Gasteiger partial charge in [-0.1, -0.05) is 35.5 Å². The van der Waals surface area contributed by atoms with Crippen LogP contribution in [0.2, 0.25) is 5.02 Å². The number of carbonyl (C=O) groups excluding carboxylic acids is 1. The van der Waals surface area contributed by atoms with Crippen molar-refractivity contribution < 1.29 is 22.5 Å². The van der Waals surface area contributed by atoms with Crippen molar-refractivity contribution in [2.45, 2.75) is 50.7 Å². The number of benzene rings is 1. The number of sulfonamides is 1. The maximum absolute atomic E-state index is 11.5. The Morgan fingerprint density at radius 3 is 2.26 bits per heavy atom. The van der Waals surface area contributed by atoms with Crippen LogP contribution >= 0.6 is 23.4 Å². The Kier molecular flexibility index (Phi) is 6.56. The van der Waals surface area contributed by atoms with E-state index in [9.17, 15) is 13.2 Å². The summed E-state index contributed by atoms with van der Waals surface area (Å²) in [6.45, 7) is 9.27. The molecule has 1 aliphatic heterocycles. The van der Waals surface area contributed by atoms with E-state index in [1.165, 1.54) is 19.1 Å². The van der Waals surface area contributed by atoms with Crippen molar-refractivity contribution >= 4 is 51.7 Å². The van der Waals surface area contributed by atoms with Crippen molar-refractivity contribution in [3.05, 3.63) is 34.3 Å². The molecule has 1 aromatic rings. The first-order chi connectivity index (χ1) is 12.2. The van der Waals surface area contributed by atoms with Crippen LogP contribution in [0.3, 0.4) is 0 Å². The van der Waals surface area contributed by atoms with Crippen LogP contribution in [0.15, 0.2) is 28.6 Å². The summed E-state index contributed by atoms with van der Waals surface area (Å²) >= 11 is 7.21. The molecule has 1 saturated heterocycles. The molecular weight excluding hydrogens is 409 g/mol. The molecule has 1 fully saturated rings. The van der Waals surface area contributed by atoms with Crippen molar-refractivity contribution in [2.24, 2.45) is 5.14 Å². The Morgan fingerprint density at radius 2 is 1.81 bits per heavy atom. The predicted molar refractivity (Wildman–Crippen MR) is 110 cm³/mol. The predicted octanol–water partition coefficient (Wildman–Crippen LogP) is 3.28. The van der Waals surface area contributed by atoms with Gasteiger partial charge in [0.05, 0.1) is 16.2 Å². The first-order valence-electron chi connectivity index (χ1n) is 8.25. The minimum Gasteiger partial charge on any atom is -0.400 e. The van der Waals surface area contributed by atoms with Gasteiger partial charge in [0.1, 0.15) is 4.90 Å². The number of thioether (sulfide) groups is 1. The first kappa shape index (κ1) is 22.5. The topological polar surface area (TPSA) is 95.7 Å². The highest BCUT2D eigenvalue weighted by atomic mass is 35.5. The lowest BCUT2D eigenvalue weighted by Gasteiger charge is -2.32. The minimum atomic E-state index is -3.90. The number of primary sulfonamides is 1. The lowest BCUT2D eigenvalue weighted by molar-refractivity contribution is -0.109. The third-order valence-electron chi connectivity index (χ3n) is 4.61. The van der Waals surface area contributed by atoms with Crippen LogP contribution in [0.4, 0.5) is 0 Å². The third kappa shape index (κ3) is 5.37. The average molecular weight is 432 g/mol. The van der Waals surface area contributed by atoms with Crippen molar-refractivity contribution in [3.8, 4) is 0 Å². The quantitative estimate of drug-likeness (QED) is 0.719. The Hall–Kier alpha value is -0.835. The van der Waals surface area contributed by atoms with E-state index < -0.39 is 28.3 Å². The van der Waals surface area contributed by atoms with E-state index >= 15 is 0 Å². The first-order valence-corrected chi connectivity index (χ1v) is 11.2. The monoisotopic (exact) mass is 431 g/mol. The van der Waals surface area contributed by atoms with Crippen molar-refractivity contribution in [2.75, 3.05) is 5.75 Å². The standard InChI is InChI=1S/C17H23BClNO5S2/c1-11(21)26-10-13(18-24-16(2,3)17(4,5)25-18)8-12-6-7-15(14(19)9-12)27(20,22)23/h6-9H,10H2,1-5H3,(H2,20,22,23). The molecule has 27 heavy (non-hydrogen) atoms. The van der Waals surface area contributed by atoms with E-state index in [-0.39, 0.29) is 15.0 Å². The van der Waals surface area contributed by atoms with Crippen LogP contribution in [-0.4, -0.2) is 37.6 Å². The van der Waals surface area contributed by atoms with Crippen LogP contribution in [-0.2, 0) is 24.1 Å². The largest absolute Gasteiger partial charge is 0.491 e. The maximum atomic E-state index is 11.5. The second-order valence-electron chi connectivity index (χ2n) is 7.32. The SMILES string of the molecule is CC(=O)SCC(=Cc1ccc(S(N)(=O)=O)c(Cl)c1)B1OC(C)(C)C(C)(C)O1. The number of rotatable bonds is 5. The molecule has 0 bridgehead atoms. The molecule has 1 aromatic carbocycles. The fourth-order valence-corrected chi connectivity index (χ4v) is 4.10. The van der Waals surface area contributed by atoms with Gasteiger partial charge in [-0.15, -0.1) is 0 Å². The fraction of sp³-hybridized carbons (Fsp3) is 0.471. The van der Waals surface area contributed by atoms with Gasteiger partial charge in [0, 0.05) is 12.7 Å². The van der Waals surface area contributed by atoms with Gasteiger partial charge in [-0.25, -0.2) is 13.6 Å². The van der Waals surface area contributed by atoms with Gasteiger partial charge in [0.25, 0.3) is 0 Å². The van der Waals surface area contributed by atoms with Crippen LogP contribution in [0.1, 0.15) is 40.2 Å². The molecule has 2 N–H and O–H groups in total. The second-order valence-corrected chi connectivity index (χ2v) is 10.4. The molecule has 6 nitrogen and oxygen atoms in total. The van der Waals surface area contributed by atoms with Gasteiger partial charge in [0.2, 0.25) is 10.0 Å². The van der Waals surface area contributed by atoms with E-state index in [0.29, 0.717) is 11.3 Å². The minimum absolute atomic E-state index is 0.0266. The smallest absolute Gasteiger partial charge is 0.400 e. The van der Waals surface area contributed by atoms with Crippen molar-refractivity contribution in [1.82, 2.24) is 0 Å². The summed E-state index contributed by atoms with van der Waals surface area (Å²) < 4.78 is 35.2. The Morgan fingerprint density at radius 1 is 1.26 bits per heavy atom. The fourth-order valence-electron chi connectivity index (χ4n) is 2.41.